The minimum absolute atomic E-state index is 0.0540. The number of fused-ring (bicyclic) bond motifs is 3. The van der Waals surface area contributed by atoms with Crippen LogP contribution in [0, 0.1) is 3.57 Å². The average Bonchev–Trinajstić information content (AvgIpc) is 0.881. The van der Waals surface area contributed by atoms with E-state index < -0.39 is 234 Å². The Hall–Kier alpha value is -6.57. The van der Waals surface area contributed by atoms with E-state index in [1.165, 1.54) is 25.3 Å². The summed E-state index contributed by atoms with van der Waals surface area (Å²) in [6, 6.07) is 14.5. The Balaban J connectivity index is 1.25. The normalized spacial score (nSPS) is 15.3. The van der Waals surface area contributed by atoms with Gasteiger partial charge in [-0.1, -0.05) is 12.1 Å². The molecular weight excluding hydrogens is 1490 g/mol. The molecule has 1 aliphatic rings. The van der Waals surface area contributed by atoms with E-state index in [1.807, 2.05) is 0 Å². The summed E-state index contributed by atoms with van der Waals surface area (Å²) in [5.74, 6) is -3.17. The first-order valence-corrected chi connectivity index (χ1v) is 36.1. The van der Waals surface area contributed by atoms with Crippen LogP contribution in [0.2, 0.25) is 0 Å². The molecule has 0 aliphatic heterocycles. The zero-order valence-corrected chi connectivity index (χ0v) is 50.9. The molecule has 446 valence electrons. The molecule has 1 unspecified atom stereocenters. The molecule has 0 saturated carbocycles. The van der Waals surface area contributed by atoms with Crippen LogP contribution >= 0.6 is 42.1 Å². The number of azo groups is 2. The Kier molecular flexibility index (Phi) is 17.1. The second kappa shape index (κ2) is 22.7. The van der Waals surface area contributed by atoms with Gasteiger partial charge in [0, 0.05) is 59.1 Å². The van der Waals surface area contributed by atoms with Crippen molar-refractivity contribution in [2.75, 3.05) is 12.8 Å². The fraction of sp³-hybridized carbons (Fsp3) is 0.0698. The second-order valence-electron chi connectivity index (χ2n) is 17.0. The molecule has 0 spiro atoms. The van der Waals surface area contributed by atoms with Gasteiger partial charge in [0.25, 0.3) is 70.8 Å². The first-order chi connectivity index (χ1) is 38.7. The molecule has 0 bridgehead atoms. The van der Waals surface area contributed by atoms with Gasteiger partial charge in [-0.25, -0.2) is 6.29 Å². The van der Waals surface area contributed by atoms with Gasteiger partial charge in [0.1, 0.15) is 74.6 Å². The molecular formula is C43H33I2N7O25S7. The molecule has 41 heteroatoms. The van der Waals surface area contributed by atoms with E-state index in [1.54, 1.807) is 0 Å². The van der Waals surface area contributed by atoms with E-state index >= 15 is 0 Å². The Morgan fingerprint density at radius 2 is 1.08 bits per heavy atom. The number of nitrogens with two attached hydrogens (primary N) is 1. The number of aliphatic hydroxyl groups excluding tert-OH is 1. The Morgan fingerprint density at radius 1 is 0.524 bits per heavy atom. The Morgan fingerprint density at radius 3 is 1.68 bits per heavy atom. The second-order valence-corrected chi connectivity index (χ2v) is 31.1. The molecule has 0 fully saturated rings. The van der Waals surface area contributed by atoms with Crippen molar-refractivity contribution >= 4 is 180 Å². The van der Waals surface area contributed by atoms with Crippen molar-refractivity contribution < 1.29 is 111 Å². The van der Waals surface area contributed by atoms with Crippen molar-refractivity contribution in [1.29, 1.82) is 0 Å². The van der Waals surface area contributed by atoms with E-state index in [4.69, 9.17) is 10.5 Å². The molecule has 0 heterocycles. The summed E-state index contributed by atoms with van der Waals surface area (Å²) < 4.78 is 260. The van der Waals surface area contributed by atoms with Gasteiger partial charge in [0.15, 0.2) is 5.75 Å². The van der Waals surface area contributed by atoms with Crippen molar-refractivity contribution in [1.82, 2.24) is 0 Å². The number of methoxy groups -OCH3 is 1. The van der Waals surface area contributed by atoms with Crippen LogP contribution in [-0.2, 0) is 77.2 Å². The highest BCUT2D eigenvalue weighted by molar-refractivity contribution is 14.2. The average molecular weight is 1530 g/mol. The van der Waals surface area contributed by atoms with Crippen molar-refractivity contribution in [2.24, 2.45) is 26.7 Å². The summed E-state index contributed by atoms with van der Waals surface area (Å²) in [6.07, 6.45) is -1.09. The van der Waals surface area contributed by atoms with Gasteiger partial charge in [-0.15, -0.1) is 20.5 Å². The monoisotopic (exact) mass is 1520 g/mol. The molecule has 0 amide bonds. The van der Waals surface area contributed by atoms with E-state index in [0.29, 0.717) is 12.1 Å². The number of hydrogen-bond donors (Lipinski definition) is 11. The number of anilines is 1. The van der Waals surface area contributed by atoms with Crippen LogP contribution < -0.4 is 10.5 Å². The predicted octanol–water partition coefficient (Wildman–Crippen LogP) is 8.49. The molecule has 0 aromatic heterocycles. The molecule has 32 nitrogen and oxygen atoms in total. The number of ether oxygens (including phenoxy) is 1. The largest absolute Gasteiger partial charge is 0.506 e. The zero-order valence-electron chi connectivity index (χ0n) is 40.9. The highest BCUT2D eigenvalue weighted by Crippen LogP contribution is 2.50. The maximum Gasteiger partial charge on any atom is 0.297 e. The fourth-order valence-corrected chi connectivity index (χ4v) is 19.1. The minimum Gasteiger partial charge on any atom is -0.506 e. The van der Waals surface area contributed by atoms with Crippen molar-refractivity contribution in [3.05, 3.63) is 109 Å². The summed E-state index contributed by atoms with van der Waals surface area (Å²) in [7, 11) is -36.0. The van der Waals surface area contributed by atoms with Crippen LogP contribution in [0.3, 0.4) is 0 Å². The summed E-state index contributed by atoms with van der Waals surface area (Å²) >= 11 is -4.62. The lowest BCUT2D eigenvalue weighted by Gasteiger charge is -2.25. The van der Waals surface area contributed by atoms with E-state index in [2.05, 4.69) is 26.7 Å². The van der Waals surface area contributed by atoms with E-state index in [9.17, 15) is 106 Å². The number of nitrogens with zero attached hydrogens (tertiary/aromatic N) is 6. The number of aromatic hydroxyl groups is 2. The number of halogens is 2. The molecule has 8 rings (SSSR count). The van der Waals surface area contributed by atoms with Crippen LogP contribution in [0.5, 0.6) is 17.2 Å². The molecule has 12 N–H and O–H groups in total. The van der Waals surface area contributed by atoms with Crippen LogP contribution in [0.4, 0.5) is 39.8 Å². The first kappa shape index (κ1) is 63.5. The number of phenolic OH excluding ortho intramolecular Hbond substituents is 2. The molecule has 7 aromatic rings. The number of benzene rings is 7. The third-order valence-corrected chi connectivity index (χ3v) is 23.9. The Bertz CT molecular complexity index is 5060. The first-order valence-electron chi connectivity index (χ1n) is 21.8. The number of hydrogen-bond acceptors (Lipinski definition) is 25. The van der Waals surface area contributed by atoms with Crippen LogP contribution in [-0.4, -0.2) is 118 Å². The lowest BCUT2D eigenvalue weighted by molar-refractivity contribution is 0.412. The lowest BCUT2D eigenvalue weighted by atomic mass is 9.95. The summed E-state index contributed by atoms with van der Waals surface area (Å²) in [5.41, 5.74) is -0.00742. The van der Waals surface area contributed by atoms with Crippen LogP contribution in [0.15, 0.2) is 151 Å². The number of nitrogen functional groups attached to an aromatic ring is 1. The van der Waals surface area contributed by atoms with Gasteiger partial charge in [-0.05, 0) is 95.6 Å². The number of phenols is 2. The number of aliphatic hydroxyl groups is 1. The van der Waals surface area contributed by atoms with Gasteiger partial charge in [0.05, 0.1) is 36.7 Å². The maximum absolute atomic E-state index is 13.2. The molecule has 84 heavy (non-hydrogen) atoms. The van der Waals surface area contributed by atoms with E-state index in [-0.39, 0.29) is 22.2 Å². The van der Waals surface area contributed by atoms with Gasteiger partial charge in [-0.2, -0.15) is 58.9 Å². The van der Waals surface area contributed by atoms with Gasteiger partial charge in [-0.3, -0.25) is 31.9 Å². The zero-order chi connectivity index (χ0) is 62.2. The lowest BCUT2D eigenvalue weighted by Crippen LogP contribution is -2.29. The van der Waals surface area contributed by atoms with Gasteiger partial charge < -0.3 is 25.8 Å². The standard InChI is InChI=1S/C43H33I2N7O25S7/c1-77-21-7-10-25(29(16-21)79(59,60)61)48-45-35-31(81(65,66)67)17-24-23(40(35)53)9-11-27(43(24)84(74,75)76)50-51-38-32(82(68,69)70)15-19-14-30(80(62,63)64)36(42(55)34(19)37(38)46)44-47-20-6-8-22-18(12-20)13-33(83(71,72)73)39(41(22)54)52-49-26-4-2-3-5-28(26)78(56,57)58/h2-16,31,53-55H,17,46H2,1H3,(H,56,57,58)(H,59,60,61)(H,62,63,64)(H,65,66,67)(H,68,69,70)(H,71,72,73)(H,74,75,76). The summed E-state index contributed by atoms with van der Waals surface area (Å²) in [4.78, 5) is -6.38. The SMILES string of the molecule is COc1ccc(N=IC2=C(O)c3ccc(N=Nc4c(S(=O)(=O)O)cc5cc(S(=O)(=O)O)c(I=Nc6ccc7c(O)c(N=Nc8ccccc8S(=O)(=O)O)c(S(=O)(=O)O)cc7c6)c(O)c5c4N)c(S(=O)(=O)O)c3CC2S(=O)(=O)O)c(S(=O)(=O)O)c1. The number of rotatable bonds is 16. The maximum atomic E-state index is 13.2. The molecule has 0 saturated heterocycles. The Labute approximate surface area is 493 Å². The van der Waals surface area contributed by atoms with Crippen LogP contribution in [0.25, 0.3) is 27.3 Å². The third-order valence-electron chi connectivity index (χ3n) is 11.7. The van der Waals surface area contributed by atoms with Crippen molar-refractivity contribution in [2.45, 2.75) is 41.0 Å². The summed E-state index contributed by atoms with van der Waals surface area (Å²) in [6.45, 7) is 0. The smallest absolute Gasteiger partial charge is 0.297 e. The predicted molar refractivity (Wildman–Crippen MR) is 308 cm³/mol. The highest BCUT2D eigenvalue weighted by Gasteiger charge is 2.40. The van der Waals surface area contributed by atoms with Gasteiger partial charge in [0.2, 0.25) is 0 Å². The fourth-order valence-electron chi connectivity index (χ4n) is 8.09. The topological polar surface area (TPSA) is 551 Å². The molecule has 1 aliphatic carbocycles. The summed E-state index contributed by atoms with van der Waals surface area (Å²) in [5, 5.41) is 45.1. The van der Waals surface area contributed by atoms with E-state index in [0.717, 1.165) is 60.7 Å². The third kappa shape index (κ3) is 13.0. The quantitative estimate of drug-likeness (QED) is 0.0187. The molecule has 1 atom stereocenters. The van der Waals surface area contributed by atoms with Gasteiger partial charge >= 0.3 is 0 Å². The molecule has 7 aromatic carbocycles. The van der Waals surface area contributed by atoms with Crippen LogP contribution in [0.1, 0.15) is 11.1 Å². The molecule has 0 radical (unpaired) electrons. The minimum atomic E-state index is -5.65. The van der Waals surface area contributed by atoms with Crippen molar-refractivity contribution in [3.8, 4) is 17.2 Å². The highest BCUT2D eigenvalue weighted by atomic mass is 127. The van der Waals surface area contributed by atoms with Crippen molar-refractivity contribution in [3.63, 3.8) is 0 Å².